The summed E-state index contributed by atoms with van der Waals surface area (Å²) in [5, 5.41) is 11.5. The highest BCUT2D eigenvalue weighted by molar-refractivity contribution is 5.85. The first-order chi connectivity index (χ1) is 12.0. The summed E-state index contributed by atoms with van der Waals surface area (Å²) < 4.78 is 27.1. The van der Waals surface area contributed by atoms with Crippen molar-refractivity contribution in [2.24, 2.45) is 0 Å². The summed E-state index contributed by atoms with van der Waals surface area (Å²) in [6, 6.07) is 4.26. The van der Waals surface area contributed by atoms with Crippen LogP contribution in [0.1, 0.15) is 37.4 Å². The van der Waals surface area contributed by atoms with Crippen molar-refractivity contribution in [2.45, 2.75) is 38.3 Å². The standard InChI is InChI=1S/C20H18F2N2O/c1-2-20(25)4-3-11-9-24-10-13-5-12-6-15(21)16(22)8-17(12)23-19(13)18(24)7-14(11)20/h5-8,25H,2-4,9-10H2,1H3. The SMILES string of the molecule is CCC1(O)CCC2=C1C=C1c3nc4cc(F)c(F)cc4cc3CN1C2. The molecule has 1 unspecified atom stereocenters. The maximum atomic E-state index is 13.6. The van der Waals surface area contributed by atoms with Crippen molar-refractivity contribution in [3.05, 3.63) is 58.3 Å². The average Bonchev–Trinajstić information content (AvgIpc) is 3.10. The van der Waals surface area contributed by atoms with Crippen molar-refractivity contribution < 1.29 is 13.9 Å². The van der Waals surface area contributed by atoms with Crippen molar-refractivity contribution in [3.8, 4) is 0 Å². The first-order valence-corrected chi connectivity index (χ1v) is 8.69. The maximum absolute atomic E-state index is 13.6. The Morgan fingerprint density at radius 3 is 2.80 bits per heavy atom. The van der Waals surface area contributed by atoms with Crippen LogP contribution in [0, 0.1) is 11.6 Å². The lowest BCUT2D eigenvalue weighted by Crippen LogP contribution is -2.29. The monoisotopic (exact) mass is 340 g/mol. The third-order valence-corrected chi connectivity index (χ3v) is 5.85. The minimum absolute atomic E-state index is 0.456. The highest BCUT2D eigenvalue weighted by Gasteiger charge is 2.41. The van der Waals surface area contributed by atoms with Gasteiger partial charge >= 0.3 is 0 Å². The Hall–Kier alpha value is -2.27. The largest absolute Gasteiger partial charge is 0.385 e. The summed E-state index contributed by atoms with van der Waals surface area (Å²) in [4.78, 5) is 6.85. The normalized spacial score (nSPS) is 24.5. The van der Waals surface area contributed by atoms with Crippen molar-refractivity contribution >= 4 is 16.6 Å². The molecule has 3 nitrogen and oxygen atoms in total. The van der Waals surface area contributed by atoms with Gasteiger partial charge in [0.2, 0.25) is 0 Å². The summed E-state index contributed by atoms with van der Waals surface area (Å²) in [7, 11) is 0. The van der Waals surface area contributed by atoms with Gasteiger partial charge in [-0.2, -0.15) is 0 Å². The minimum atomic E-state index is -0.881. The van der Waals surface area contributed by atoms with Gasteiger partial charge in [-0.1, -0.05) is 6.92 Å². The van der Waals surface area contributed by atoms with Crippen LogP contribution in [0.4, 0.5) is 8.78 Å². The summed E-state index contributed by atoms with van der Waals surface area (Å²) in [5.74, 6) is -1.73. The van der Waals surface area contributed by atoms with Crippen LogP contribution in [0.5, 0.6) is 0 Å². The molecule has 1 aromatic heterocycles. The van der Waals surface area contributed by atoms with Gasteiger partial charge in [-0.25, -0.2) is 13.8 Å². The van der Waals surface area contributed by atoms with Gasteiger partial charge in [0, 0.05) is 24.5 Å². The molecular weight excluding hydrogens is 322 g/mol. The predicted molar refractivity (Wildman–Crippen MR) is 91.5 cm³/mol. The highest BCUT2D eigenvalue weighted by Crippen LogP contribution is 2.46. The van der Waals surface area contributed by atoms with E-state index >= 15 is 0 Å². The van der Waals surface area contributed by atoms with E-state index in [4.69, 9.17) is 0 Å². The molecule has 128 valence electrons. The van der Waals surface area contributed by atoms with Gasteiger partial charge < -0.3 is 10.0 Å². The second-order valence-corrected chi connectivity index (χ2v) is 7.24. The Morgan fingerprint density at radius 2 is 2.00 bits per heavy atom. The molecule has 0 amide bonds. The van der Waals surface area contributed by atoms with Gasteiger partial charge in [0.1, 0.15) is 0 Å². The fraction of sp³-hybridized carbons (Fsp3) is 0.350. The van der Waals surface area contributed by atoms with Crippen LogP contribution in [0.25, 0.3) is 16.6 Å². The number of hydrogen-bond donors (Lipinski definition) is 1. The van der Waals surface area contributed by atoms with Crippen molar-refractivity contribution in [1.82, 2.24) is 9.88 Å². The predicted octanol–water partition coefficient (Wildman–Crippen LogP) is 3.91. The molecule has 1 aliphatic carbocycles. The fourth-order valence-electron chi connectivity index (χ4n) is 4.39. The zero-order valence-corrected chi connectivity index (χ0v) is 13.9. The molecule has 2 aromatic rings. The van der Waals surface area contributed by atoms with Gasteiger partial charge in [0.15, 0.2) is 11.6 Å². The Morgan fingerprint density at radius 1 is 1.20 bits per heavy atom. The minimum Gasteiger partial charge on any atom is -0.385 e. The van der Waals surface area contributed by atoms with E-state index in [0.717, 1.165) is 48.0 Å². The average molecular weight is 340 g/mol. The number of aliphatic hydroxyl groups is 1. The second-order valence-electron chi connectivity index (χ2n) is 7.24. The molecular formula is C20H18F2N2O. The molecule has 1 aromatic carbocycles. The zero-order chi connectivity index (χ0) is 17.3. The van der Waals surface area contributed by atoms with Crippen molar-refractivity contribution in [1.29, 1.82) is 0 Å². The van der Waals surface area contributed by atoms with E-state index < -0.39 is 17.2 Å². The molecule has 1 atom stereocenters. The summed E-state index contributed by atoms with van der Waals surface area (Å²) >= 11 is 0. The molecule has 0 bridgehead atoms. The number of aromatic nitrogens is 1. The molecule has 0 radical (unpaired) electrons. The van der Waals surface area contributed by atoms with Crippen LogP contribution in [0.3, 0.4) is 0 Å². The molecule has 25 heavy (non-hydrogen) atoms. The lowest BCUT2D eigenvalue weighted by molar-refractivity contribution is 0.0786. The highest BCUT2D eigenvalue weighted by atomic mass is 19.2. The topological polar surface area (TPSA) is 36.4 Å². The maximum Gasteiger partial charge on any atom is 0.161 e. The van der Waals surface area contributed by atoms with Gasteiger partial charge in [-0.15, -0.1) is 0 Å². The molecule has 5 rings (SSSR count). The number of rotatable bonds is 1. The Labute approximate surface area is 144 Å². The third kappa shape index (κ3) is 2.02. The molecule has 0 saturated carbocycles. The molecule has 0 saturated heterocycles. The van der Waals surface area contributed by atoms with Crippen LogP contribution in [-0.4, -0.2) is 27.1 Å². The quantitative estimate of drug-likeness (QED) is 0.855. The smallest absolute Gasteiger partial charge is 0.161 e. The lowest BCUT2D eigenvalue weighted by Gasteiger charge is -2.30. The molecule has 0 fully saturated rings. The van der Waals surface area contributed by atoms with E-state index in [9.17, 15) is 13.9 Å². The first-order valence-electron chi connectivity index (χ1n) is 8.69. The van der Waals surface area contributed by atoms with Crippen LogP contribution in [-0.2, 0) is 6.54 Å². The van der Waals surface area contributed by atoms with E-state index in [1.807, 2.05) is 13.0 Å². The number of halogens is 2. The first kappa shape index (κ1) is 15.0. The molecule has 2 aliphatic heterocycles. The fourth-order valence-corrected chi connectivity index (χ4v) is 4.39. The summed E-state index contributed by atoms with van der Waals surface area (Å²) in [5.41, 5.74) is 4.85. The van der Waals surface area contributed by atoms with Gasteiger partial charge in [-0.05, 0) is 54.2 Å². The molecule has 3 aliphatic rings. The van der Waals surface area contributed by atoms with Crippen LogP contribution in [0.2, 0.25) is 0 Å². The van der Waals surface area contributed by atoms with E-state index in [1.54, 1.807) is 0 Å². The number of nitrogens with zero attached hydrogens (tertiary/aromatic N) is 2. The van der Waals surface area contributed by atoms with E-state index in [2.05, 4.69) is 16.0 Å². The van der Waals surface area contributed by atoms with Crippen LogP contribution in [0.15, 0.2) is 35.4 Å². The Bertz CT molecular complexity index is 995. The van der Waals surface area contributed by atoms with E-state index in [1.165, 1.54) is 11.6 Å². The van der Waals surface area contributed by atoms with E-state index in [0.29, 0.717) is 23.9 Å². The molecule has 1 N–H and O–H groups in total. The summed E-state index contributed by atoms with van der Waals surface area (Å²) in [6.45, 7) is 3.51. The Kier molecular flexibility index (Phi) is 2.93. The van der Waals surface area contributed by atoms with Gasteiger partial charge in [0.05, 0.1) is 22.5 Å². The second kappa shape index (κ2) is 4.88. The van der Waals surface area contributed by atoms with Gasteiger partial charge in [0.25, 0.3) is 0 Å². The van der Waals surface area contributed by atoms with E-state index in [-0.39, 0.29) is 0 Å². The van der Waals surface area contributed by atoms with Crippen LogP contribution >= 0.6 is 0 Å². The third-order valence-electron chi connectivity index (χ3n) is 5.85. The lowest BCUT2D eigenvalue weighted by atomic mass is 9.90. The number of pyridine rings is 1. The van der Waals surface area contributed by atoms with Crippen molar-refractivity contribution in [3.63, 3.8) is 0 Å². The number of fused-ring (bicyclic) bond motifs is 4. The van der Waals surface area contributed by atoms with Gasteiger partial charge in [-0.3, -0.25) is 0 Å². The Balaban J connectivity index is 1.67. The summed E-state index contributed by atoms with van der Waals surface area (Å²) in [6.07, 6.45) is 4.44. The number of benzene rings is 1. The molecule has 0 spiro atoms. The van der Waals surface area contributed by atoms with Crippen LogP contribution < -0.4 is 0 Å². The molecule has 3 heterocycles. The zero-order valence-electron chi connectivity index (χ0n) is 13.9. The number of hydrogen-bond acceptors (Lipinski definition) is 3. The molecule has 5 heteroatoms. The van der Waals surface area contributed by atoms with Crippen molar-refractivity contribution in [2.75, 3.05) is 6.54 Å².